The molecule has 1 aliphatic carbocycles. The van der Waals surface area contributed by atoms with Crippen LogP contribution in [0, 0.1) is 17.8 Å². The van der Waals surface area contributed by atoms with E-state index in [4.69, 9.17) is 66.8 Å². The van der Waals surface area contributed by atoms with Gasteiger partial charge in [0.2, 0.25) is 35.4 Å². The maximum absolute atomic E-state index is 14.2. The zero-order chi connectivity index (χ0) is 85.2. The number of likely N-dealkylation sites (tertiary alicyclic amines) is 1. The third-order valence-electron chi connectivity index (χ3n) is 22.6. The molecule has 11 rings (SSSR count). The first-order chi connectivity index (χ1) is 58.9. The summed E-state index contributed by atoms with van der Waals surface area (Å²) < 4.78 is 68.4. The first-order valence-electron chi connectivity index (χ1n) is 43.1. The summed E-state index contributed by atoms with van der Waals surface area (Å²) in [6.07, 6.45) is 19.0. The van der Waals surface area contributed by atoms with Crippen molar-refractivity contribution in [1.29, 1.82) is 0 Å². The van der Waals surface area contributed by atoms with E-state index >= 15 is 0 Å². The number of methoxy groups -OCH3 is 2. The van der Waals surface area contributed by atoms with E-state index < -0.39 is 23.9 Å². The maximum Gasteiger partial charge on any atom is 0.260 e. The molecule has 7 aliphatic rings. The van der Waals surface area contributed by atoms with E-state index in [1.54, 1.807) is 80.3 Å². The first-order valence-corrected chi connectivity index (χ1v) is 43.1. The van der Waals surface area contributed by atoms with Gasteiger partial charge in [-0.15, -0.1) is 0 Å². The zero-order valence-corrected chi connectivity index (χ0v) is 71.2. The highest BCUT2D eigenvalue weighted by molar-refractivity contribution is 6.07. The fraction of sp³-hybridized carbons (Fsp3) is 0.578. The lowest BCUT2D eigenvalue weighted by molar-refractivity contribution is -0.140. The van der Waals surface area contributed by atoms with E-state index in [9.17, 15) is 38.4 Å². The van der Waals surface area contributed by atoms with Gasteiger partial charge in [-0.2, -0.15) is 0 Å². The van der Waals surface area contributed by atoms with Crippen LogP contribution >= 0.6 is 0 Å². The van der Waals surface area contributed by atoms with Crippen molar-refractivity contribution in [3.63, 3.8) is 0 Å². The summed E-state index contributed by atoms with van der Waals surface area (Å²) in [6.45, 7) is 16.2. The van der Waals surface area contributed by atoms with E-state index in [1.807, 2.05) is 30.7 Å². The molecule has 0 radical (unpaired) electrons. The molecule has 31 nitrogen and oxygen atoms in total. The van der Waals surface area contributed by atoms with Crippen LogP contribution in [0.1, 0.15) is 149 Å². The van der Waals surface area contributed by atoms with E-state index in [-0.39, 0.29) is 104 Å². The number of anilines is 2. The molecule has 121 heavy (non-hydrogen) atoms. The molecule has 4 aromatic rings. The lowest BCUT2D eigenvalue weighted by Gasteiger charge is -2.34. The summed E-state index contributed by atoms with van der Waals surface area (Å²) in [4.78, 5) is 125. The number of aliphatic imine (C=N–C) groups is 2. The van der Waals surface area contributed by atoms with Gasteiger partial charge in [-0.3, -0.25) is 53.2 Å². The van der Waals surface area contributed by atoms with E-state index in [0.29, 0.717) is 183 Å². The van der Waals surface area contributed by atoms with Gasteiger partial charge in [0, 0.05) is 120 Å². The van der Waals surface area contributed by atoms with Gasteiger partial charge in [-0.1, -0.05) is 70.2 Å². The van der Waals surface area contributed by atoms with Crippen LogP contribution in [0.4, 0.5) is 22.7 Å². The van der Waals surface area contributed by atoms with Crippen LogP contribution in [0.3, 0.4) is 0 Å². The molecule has 4 aromatic carbocycles. The summed E-state index contributed by atoms with van der Waals surface area (Å²) >= 11 is 0. The summed E-state index contributed by atoms with van der Waals surface area (Å²) in [6, 6.07) is 20.4. The Kier molecular flexibility index (Phi) is 36.7. The van der Waals surface area contributed by atoms with Gasteiger partial charge in [-0.05, 0) is 117 Å². The Bertz CT molecular complexity index is 4200. The molecule has 6 aliphatic heterocycles. The third kappa shape index (κ3) is 27.4. The highest BCUT2D eigenvalue weighted by atomic mass is 16.6. The number of piperazine rings is 1. The van der Waals surface area contributed by atoms with Gasteiger partial charge in [0.25, 0.3) is 11.8 Å². The molecule has 3 fully saturated rings. The van der Waals surface area contributed by atoms with Crippen LogP contribution in [0.5, 0.6) is 23.0 Å². The van der Waals surface area contributed by atoms with Gasteiger partial charge in [0.1, 0.15) is 12.1 Å². The van der Waals surface area contributed by atoms with Crippen LogP contribution in [-0.4, -0.2) is 283 Å². The van der Waals surface area contributed by atoms with E-state index in [0.717, 1.165) is 87.0 Å². The van der Waals surface area contributed by atoms with Crippen molar-refractivity contribution >= 4 is 93.6 Å². The second kappa shape index (κ2) is 48.2. The Morgan fingerprint density at radius 3 is 1.45 bits per heavy atom. The highest BCUT2D eigenvalue weighted by Gasteiger charge is 2.43. The second-order valence-corrected chi connectivity index (χ2v) is 31.6. The van der Waals surface area contributed by atoms with Crippen LogP contribution in [-0.2, 0) is 66.7 Å². The minimum absolute atomic E-state index is 0.0155. The molecule has 0 aromatic heterocycles. The summed E-state index contributed by atoms with van der Waals surface area (Å²) in [5.74, 6) is -0.610. The molecule has 8 amide bonds. The summed E-state index contributed by atoms with van der Waals surface area (Å²) in [5.41, 5.74) is 7.47. The van der Waals surface area contributed by atoms with Crippen molar-refractivity contribution in [2.24, 2.45) is 27.7 Å². The number of likely N-dealkylation sites (N-methyl/N-ethyl adjacent to an activating group) is 1. The maximum atomic E-state index is 14.2. The molecule has 1 saturated carbocycles. The second-order valence-electron chi connectivity index (χ2n) is 31.6. The van der Waals surface area contributed by atoms with Crippen molar-refractivity contribution in [1.82, 2.24) is 35.6 Å². The fourth-order valence-corrected chi connectivity index (χ4v) is 15.6. The van der Waals surface area contributed by atoms with Gasteiger partial charge >= 0.3 is 0 Å². The molecule has 4 N–H and O–H groups in total. The smallest absolute Gasteiger partial charge is 0.260 e. The topological polar surface area (TPSA) is 336 Å². The molecule has 31 heteroatoms. The van der Waals surface area contributed by atoms with E-state index in [1.165, 1.54) is 37.0 Å². The first kappa shape index (κ1) is 92.0. The predicted octanol–water partition coefficient (Wildman–Crippen LogP) is 9.38. The number of hydrogen-bond acceptors (Lipinski definition) is 24. The number of fused-ring (bicyclic) bond motifs is 4. The third-order valence-corrected chi connectivity index (χ3v) is 22.6. The molecule has 1 unspecified atom stereocenters. The Labute approximate surface area is 710 Å². The number of carbonyl (C=O) groups is 8. The van der Waals surface area contributed by atoms with Gasteiger partial charge < -0.3 is 97.7 Å². The van der Waals surface area contributed by atoms with Gasteiger partial charge in [-0.25, -0.2) is 0 Å². The van der Waals surface area contributed by atoms with Gasteiger partial charge in [0.15, 0.2) is 23.0 Å². The average Bonchev–Trinajstić information content (AvgIpc) is 1.64. The molecule has 658 valence electrons. The minimum atomic E-state index is -0.939. The molecule has 2 saturated heterocycles. The number of carbonyl (C=O) groups excluding carboxylic acids is 8. The number of rotatable bonds is 50. The SMILES string of the molecule is COc1cc2c(cc1OCCCCCOc1cc3c(cc1OC)C(=O)N1C=C(c4ccc(N5CCN(C)CC5)cc4)C[C@H]1C=N3)N=C[C@@H]1CC(c3ccc(NC(=O)[C@H](C)NC(=O)[C@@H](NC(=O)CCOCCOCCOCCOCCOCCOCCOCCOCCNC(=O)CCN4C(=O)CC(C5CCCCCCC5)C4=O)C(C)C)cc3)=CN1C2=O. The quantitative estimate of drug-likeness (QED) is 0.0236. The summed E-state index contributed by atoms with van der Waals surface area (Å²) in [5, 5.41) is 11.2. The molecule has 5 atom stereocenters. The Balaban J connectivity index is 0.480. The Hall–Kier alpha value is -9.70. The number of unbranched alkanes of at least 4 members (excludes halogenated alkanes) is 2. The van der Waals surface area contributed by atoms with Crippen molar-refractivity contribution in [2.75, 3.05) is 190 Å². The highest BCUT2D eigenvalue weighted by Crippen LogP contribution is 2.43. The number of hydrogen-bond donors (Lipinski definition) is 4. The zero-order valence-electron chi connectivity index (χ0n) is 71.2. The minimum Gasteiger partial charge on any atom is -0.493 e. The predicted molar refractivity (Wildman–Crippen MR) is 457 cm³/mol. The number of benzene rings is 4. The molecular weight excluding hydrogens is 1560 g/mol. The van der Waals surface area contributed by atoms with Gasteiger partial charge in [0.05, 0.1) is 174 Å². The Morgan fingerprint density at radius 1 is 0.496 bits per heavy atom. The van der Waals surface area contributed by atoms with Crippen LogP contribution in [0.15, 0.2) is 95.2 Å². The fourth-order valence-electron chi connectivity index (χ4n) is 15.6. The number of nitrogens with one attached hydrogen (secondary N) is 4. The standard InChI is InChI=1S/C90H123N11O20/c1-62(2)85(96-83(103)26-35-112-37-39-114-41-43-116-45-47-118-49-50-119-48-46-117-44-42-115-40-38-113-36-27-91-82(102)25-28-99-84(104)55-73(88(99)107)66-15-11-8-7-9-12-16-66)87(106)94-63(3)86(105)95-69-21-17-64(18-22-69)67-51-71-58-92-76-56-80(78(110-5)53-74(76)89(108)100(71)60-67)120-33-13-10-14-34-121-81-57-77-75(54-79(81)111-6)90(109)101-61-68(52-72(101)59-93-77)65-19-23-70(24-20-65)98-31-29-97(4)30-32-98/h17-24,53-54,56-63,66,71-73,85H,7-16,25-52,55H2,1-6H3,(H,91,102)(H,94,106)(H,95,105)(H,96,103)/t63-,71-,72-,73?,85-/m0/s1. The van der Waals surface area contributed by atoms with Crippen molar-refractivity contribution in [3.8, 4) is 23.0 Å². The van der Waals surface area contributed by atoms with Crippen molar-refractivity contribution in [3.05, 3.63) is 107 Å². The number of amides is 8. The Morgan fingerprint density at radius 2 is 0.967 bits per heavy atom. The number of imide groups is 1. The molecule has 0 spiro atoms. The van der Waals surface area contributed by atoms with Crippen molar-refractivity contribution in [2.45, 2.75) is 141 Å². The lowest BCUT2D eigenvalue weighted by atomic mass is 9.81. The largest absolute Gasteiger partial charge is 0.493 e. The number of ether oxygens (including phenoxy) is 12. The van der Waals surface area contributed by atoms with Crippen LogP contribution in [0.25, 0.3) is 11.1 Å². The normalized spacial score (nSPS) is 18.5. The molecular formula is C90H123N11O20. The van der Waals surface area contributed by atoms with Crippen LogP contribution < -0.4 is 45.1 Å². The lowest BCUT2D eigenvalue weighted by Crippen LogP contribution is -2.53. The monoisotopic (exact) mass is 1680 g/mol. The molecule has 6 heterocycles. The molecule has 0 bridgehead atoms. The van der Waals surface area contributed by atoms with Crippen LogP contribution in [0.2, 0.25) is 0 Å². The summed E-state index contributed by atoms with van der Waals surface area (Å²) in [7, 11) is 5.25. The number of nitrogens with zero attached hydrogens (tertiary/aromatic N) is 7. The van der Waals surface area contributed by atoms with E-state index in [2.05, 4.69) is 62.4 Å². The average molecular weight is 1680 g/mol. The van der Waals surface area contributed by atoms with Crippen molar-refractivity contribution < 1.29 is 95.2 Å².